The van der Waals surface area contributed by atoms with Crippen molar-refractivity contribution in [2.24, 2.45) is 11.1 Å². The summed E-state index contributed by atoms with van der Waals surface area (Å²) >= 11 is 3.45. The summed E-state index contributed by atoms with van der Waals surface area (Å²) in [5, 5.41) is 0. The molecule has 0 radical (unpaired) electrons. The minimum Gasteiger partial charge on any atom is -0.370 e. The van der Waals surface area contributed by atoms with Gasteiger partial charge in [-0.2, -0.15) is 0 Å². The van der Waals surface area contributed by atoms with Gasteiger partial charge in [0.25, 0.3) is 0 Å². The van der Waals surface area contributed by atoms with Gasteiger partial charge in [-0.25, -0.2) is 0 Å². The molecule has 1 aliphatic heterocycles. The van der Waals surface area contributed by atoms with Gasteiger partial charge >= 0.3 is 0 Å². The molecular formula is C15H19BrN4. The van der Waals surface area contributed by atoms with Crippen molar-refractivity contribution < 1.29 is 0 Å². The molecule has 20 heavy (non-hydrogen) atoms. The van der Waals surface area contributed by atoms with Crippen LogP contribution in [0.3, 0.4) is 0 Å². The Hall–Kier alpha value is -1.20. The predicted octanol–water partition coefficient (Wildman–Crippen LogP) is 2.96. The molecule has 0 unspecified atom stereocenters. The average molecular weight is 335 g/mol. The van der Waals surface area contributed by atoms with Gasteiger partial charge in [-0.3, -0.25) is 9.97 Å². The number of rotatable bonds is 2. The number of nitrogens with zero attached hydrogens (tertiary/aromatic N) is 3. The number of aromatic nitrogens is 2. The first-order chi connectivity index (χ1) is 9.61. The monoisotopic (exact) mass is 334 g/mol. The van der Waals surface area contributed by atoms with E-state index in [1.165, 1.54) is 5.69 Å². The second-order valence-electron chi connectivity index (χ2n) is 5.85. The lowest BCUT2D eigenvalue weighted by Crippen LogP contribution is -2.42. The van der Waals surface area contributed by atoms with E-state index >= 15 is 0 Å². The molecule has 1 fully saturated rings. The zero-order valence-electron chi connectivity index (χ0n) is 11.6. The third kappa shape index (κ3) is 2.52. The largest absolute Gasteiger partial charge is 0.370 e. The molecule has 2 N–H and O–H groups in total. The Morgan fingerprint density at radius 1 is 1.35 bits per heavy atom. The quantitative estimate of drug-likeness (QED) is 0.917. The van der Waals surface area contributed by atoms with Gasteiger partial charge in [0.15, 0.2) is 0 Å². The second-order valence-corrected chi connectivity index (χ2v) is 6.77. The first-order valence-corrected chi connectivity index (χ1v) is 7.76. The van der Waals surface area contributed by atoms with Gasteiger partial charge in [0, 0.05) is 30.0 Å². The summed E-state index contributed by atoms with van der Waals surface area (Å²) in [5.74, 6) is 0. The number of piperidine rings is 1. The zero-order chi connectivity index (χ0) is 14.2. The molecule has 0 atom stereocenters. The minimum atomic E-state index is 0.287. The molecule has 0 saturated carbocycles. The van der Waals surface area contributed by atoms with Crippen LogP contribution in [0.1, 0.15) is 19.8 Å². The number of anilines is 1. The van der Waals surface area contributed by atoms with Crippen LogP contribution < -0.4 is 10.6 Å². The summed E-state index contributed by atoms with van der Waals surface area (Å²) < 4.78 is 0.962. The Morgan fingerprint density at radius 2 is 2.10 bits per heavy atom. The Labute approximate surface area is 127 Å². The fourth-order valence-electron chi connectivity index (χ4n) is 2.74. The van der Waals surface area contributed by atoms with Crippen LogP contribution in [0.2, 0.25) is 0 Å². The molecular weight excluding hydrogens is 316 g/mol. The number of nitrogens with two attached hydrogens (primary N) is 1. The Kier molecular flexibility index (Phi) is 3.65. The highest BCUT2D eigenvalue weighted by Crippen LogP contribution is 2.34. The van der Waals surface area contributed by atoms with Crippen LogP contribution in [0.5, 0.6) is 0 Å². The van der Waals surface area contributed by atoms with E-state index in [0.29, 0.717) is 0 Å². The lowest BCUT2D eigenvalue weighted by atomic mass is 9.80. The van der Waals surface area contributed by atoms with E-state index in [1.54, 1.807) is 0 Å². The first-order valence-electron chi connectivity index (χ1n) is 6.97. The van der Waals surface area contributed by atoms with Crippen molar-refractivity contribution in [2.75, 3.05) is 24.5 Å². The van der Waals surface area contributed by atoms with Crippen LogP contribution in [0, 0.1) is 5.41 Å². The molecule has 3 rings (SSSR count). The van der Waals surface area contributed by atoms with Crippen LogP contribution >= 0.6 is 15.9 Å². The molecule has 1 saturated heterocycles. The molecule has 3 heterocycles. The van der Waals surface area contributed by atoms with Crippen LogP contribution in [0.4, 0.5) is 5.69 Å². The molecule has 0 spiro atoms. The summed E-state index contributed by atoms with van der Waals surface area (Å²) in [7, 11) is 0. The molecule has 0 bridgehead atoms. The van der Waals surface area contributed by atoms with Crippen LogP contribution in [0.15, 0.2) is 29.0 Å². The van der Waals surface area contributed by atoms with Gasteiger partial charge in [0.2, 0.25) is 0 Å². The van der Waals surface area contributed by atoms with E-state index in [9.17, 15) is 0 Å². The highest BCUT2D eigenvalue weighted by molar-refractivity contribution is 9.10. The normalized spacial score (nSPS) is 18.4. The maximum Gasteiger partial charge on any atom is 0.112 e. The van der Waals surface area contributed by atoms with E-state index < -0.39 is 0 Å². The standard InChI is InChI=1S/C15H19BrN4/c1-15(10-17)3-6-20(7-4-15)13-2-5-18-12-8-11(16)9-19-14(12)13/h2,5,8-9H,3-4,6-7,10,17H2,1H3. The van der Waals surface area contributed by atoms with Gasteiger partial charge in [0.1, 0.15) is 5.52 Å². The van der Waals surface area contributed by atoms with Gasteiger partial charge in [-0.05, 0) is 52.9 Å². The number of pyridine rings is 2. The van der Waals surface area contributed by atoms with Crippen molar-refractivity contribution in [2.45, 2.75) is 19.8 Å². The van der Waals surface area contributed by atoms with Crippen LogP contribution in [0.25, 0.3) is 11.0 Å². The Bertz CT molecular complexity index is 620. The molecule has 4 nitrogen and oxygen atoms in total. The van der Waals surface area contributed by atoms with Crippen LogP contribution in [-0.4, -0.2) is 29.6 Å². The number of fused-ring (bicyclic) bond motifs is 1. The fourth-order valence-corrected chi connectivity index (χ4v) is 3.06. The van der Waals surface area contributed by atoms with Gasteiger partial charge in [0.05, 0.1) is 11.2 Å². The Balaban J connectivity index is 1.92. The lowest BCUT2D eigenvalue weighted by Gasteiger charge is -2.39. The smallest absolute Gasteiger partial charge is 0.112 e. The van der Waals surface area contributed by atoms with Gasteiger partial charge < -0.3 is 10.6 Å². The van der Waals surface area contributed by atoms with E-state index in [2.05, 4.69) is 43.8 Å². The molecule has 106 valence electrons. The third-order valence-electron chi connectivity index (χ3n) is 4.33. The van der Waals surface area contributed by atoms with Crippen molar-refractivity contribution in [3.05, 3.63) is 29.0 Å². The molecule has 2 aromatic heterocycles. The summed E-state index contributed by atoms with van der Waals surface area (Å²) in [6.45, 7) is 5.11. The summed E-state index contributed by atoms with van der Waals surface area (Å²) in [4.78, 5) is 11.3. The highest BCUT2D eigenvalue weighted by atomic mass is 79.9. The molecule has 0 aliphatic carbocycles. The Morgan fingerprint density at radius 3 is 2.80 bits per heavy atom. The first kappa shape index (κ1) is 13.8. The maximum atomic E-state index is 5.88. The average Bonchev–Trinajstić information content (AvgIpc) is 2.47. The van der Waals surface area contributed by atoms with Crippen molar-refractivity contribution >= 4 is 32.7 Å². The van der Waals surface area contributed by atoms with E-state index in [1.807, 2.05) is 18.5 Å². The van der Waals surface area contributed by atoms with Gasteiger partial charge in [-0.1, -0.05) is 6.92 Å². The fraction of sp³-hybridized carbons (Fsp3) is 0.467. The maximum absolute atomic E-state index is 5.88. The third-order valence-corrected chi connectivity index (χ3v) is 4.76. The summed E-state index contributed by atoms with van der Waals surface area (Å²) in [6.07, 6.45) is 5.96. The topological polar surface area (TPSA) is 55.0 Å². The molecule has 0 aromatic carbocycles. The molecule has 5 heteroatoms. The minimum absolute atomic E-state index is 0.287. The predicted molar refractivity (Wildman–Crippen MR) is 85.8 cm³/mol. The molecule has 0 amide bonds. The number of hydrogen-bond donors (Lipinski definition) is 1. The van der Waals surface area contributed by atoms with Gasteiger partial charge in [-0.15, -0.1) is 0 Å². The molecule has 1 aliphatic rings. The summed E-state index contributed by atoms with van der Waals surface area (Å²) in [5.41, 5.74) is 9.27. The SMILES string of the molecule is CC1(CN)CCN(c2ccnc3cc(Br)cnc23)CC1. The number of hydrogen-bond acceptors (Lipinski definition) is 4. The molecule has 2 aromatic rings. The highest BCUT2D eigenvalue weighted by Gasteiger charge is 2.29. The summed E-state index contributed by atoms with van der Waals surface area (Å²) in [6, 6.07) is 4.08. The van der Waals surface area contributed by atoms with E-state index in [-0.39, 0.29) is 5.41 Å². The zero-order valence-corrected chi connectivity index (χ0v) is 13.2. The van der Waals surface area contributed by atoms with Crippen LogP contribution in [-0.2, 0) is 0 Å². The second kappa shape index (κ2) is 5.30. The lowest BCUT2D eigenvalue weighted by molar-refractivity contribution is 0.258. The number of halogens is 1. The van der Waals surface area contributed by atoms with Crippen molar-refractivity contribution in [3.63, 3.8) is 0 Å². The van der Waals surface area contributed by atoms with Crippen molar-refractivity contribution in [3.8, 4) is 0 Å². The van der Waals surface area contributed by atoms with E-state index in [0.717, 1.165) is 48.0 Å². The van der Waals surface area contributed by atoms with Crippen molar-refractivity contribution in [1.29, 1.82) is 0 Å². The van der Waals surface area contributed by atoms with Crippen molar-refractivity contribution in [1.82, 2.24) is 9.97 Å². The van der Waals surface area contributed by atoms with E-state index in [4.69, 9.17) is 5.73 Å².